The summed E-state index contributed by atoms with van der Waals surface area (Å²) in [7, 11) is 0. The Hall–Kier alpha value is -2.06. The van der Waals surface area contributed by atoms with Crippen molar-refractivity contribution in [3.63, 3.8) is 0 Å². The van der Waals surface area contributed by atoms with Gasteiger partial charge in [-0.1, -0.05) is 48.5 Å². The number of carbonyl (C=O) groups excluding carboxylic acids is 1. The van der Waals surface area contributed by atoms with E-state index >= 15 is 0 Å². The van der Waals surface area contributed by atoms with Crippen molar-refractivity contribution in [2.24, 2.45) is 0 Å². The Morgan fingerprint density at radius 1 is 1.05 bits per heavy atom. The molecule has 0 atom stereocenters. The van der Waals surface area contributed by atoms with Crippen molar-refractivity contribution in [2.45, 2.75) is 13.5 Å². The van der Waals surface area contributed by atoms with Gasteiger partial charge in [-0.05, 0) is 30.2 Å². The molecule has 2 nitrogen and oxygen atoms in total. The fourth-order valence-corrected chi connectivity index (χ4v) is 2.93. The molecule has 3 heteroatoms. The molecule has 0 aliphatic rings. The number of rotatable bonds is 3. The van der Waals surface area contributed by atoms with Crippen LogP contribution < -0.4 is 0 Å². The number of fused-ring (bicyclic) bond motifs is 1. The highest BCUT2D eigenvalue weighted by Crippen LogP contribution is 2.35. The molecule has 3 rings (SSSR count). The molecule has 0 aliphatic carbocycles. The molecule has 0 fully saturated rings. The summed E-state index contributed by atoms with van der Waals surface area (Å²) >= 11 is 5.85. The van der Waals surface area contributed by atoms with Crippen molar-refractivity contribution in [2.75, 3.05) is 0 Å². The van der Waals surface area contributed by atoms with Gasteiger partial charge >= 0.3 is 0 Å². The first-order valence-electron chi connectivity index (χ1n) is 6.60. The van der Waals surface area contributed by atoms with Crippen LogP contribution in [0.25, 0.3) is 22.0 Å². The Bertz CT molecular complexity index is 774. The predicted octanol–water partition coefficient (Wildman–Crippen LogP) is 4.71. The van der Waals surface area contributed by atoms with E-state index in [1.807, 2.05) is 66.1 Å². The first kappa shape index (κ1) is 12.9. The highest BCUT2D eigenvalue weighted by Gasteiger charge is 2.21. The summed E-state index contributed by atoms with van der Waals surface area (Å²) in [6.07, 6.45) is 0. The summed E-state index contributed by atoms with van der Waals surface area (Å²) in [5.74, 6) is 0. The van der Waals surface area contributed by atoms with E-state index in [4.69, 9.17) is 11.6 Å². The van der Waals surface area contributed by atoms with Crippen molar-refractivity contribution in [3.8, 4) is 11.1 Å². The lowest BCUT2D eigenvalue weighted by Gasteiger charge is -2.06. The van der Waals surface area contributed by atoms with E-state index < -0.39 is 5.24 Å². The van der Waals surface area contributed by atoms with Crippen LogP contribution in [0.4, 0.5) is 0 Å². The predicted molar refractivity (Wildman–Crippen MR) is 83.2 cm³/mol. The van der Waals surface area contributed by atoms with Gasteiger partial charge in [0, 0.05) is 23.0 Å². The van der Waals surface area contributed by atoms with Crippen molar-refractivity contribution in [1.29, 1.82) is 0 Å². The molecule has 0 aliphatic heterocycles. The van der Waals surface area contributed by atoms with Gasteiger partial charge in [0.15, 0.2) is 0 Å². The van der Waals surface area contributed by atoms with Gasteiger partial charge in [0.2, 0.25) is 0 Å². The quantitative estimate of drug-likeness (QED) is 0.638. The second kappa shape index (κ2) is 5.14. The maximum absolute atomic E-state index is 11.9. The summed E-state index contributed by atoms with van der Waals surface area (Å²) in [6, 6.07) is 17.9. The van der Waals surface area contributed by atoms with Crippen molar-refractivity contribution < 1.29 is 4.79 Å². The molecular weight excluding hydrogens is 270 g/mol. The molecule has 2 aromatic carbocycles. The van der Waals surface area contributed by atoms with Crippen LogP contribution in [0.3, 0.4) is 0 Å². The van der Waals surface area contributed by atoms with Gasteiger partial charge in [-0.15, -0.1) is 0 Å². The van der Waals surface area contributed by atoms with Gasteiger partial charge in [0.25, 0.3) is 5.24 Å². The molecule has 0 saturated heterocycles. The molecule has 100 valence electrons. The van der Waals surface area contributed by atoms with E-state index in [1.54, 1.807) is 0 Å². The number of halogens is 1. The zero-order valence-corrected chi connectivity index (χ0v) is 11.9. The van der Waals surface area contributed by atoms with Gasteiger partial charge in [-0.25, -0.2) is 0 Å². The Labute approximate surface area is 122 Å². The SMILES string of the molecule is CCn1c(C(=O)Cl)c(-c2ccccc2)c2ccccc21. The third kappa shape index (κ3) is 1.93. The topological polar surface area (TPSA) is 22.0 Å². The molecule has 1 aromatic heterocycles. The number of carbonyl (C=O) groups is 1. The normalized spacial score (nSPS) is 10.9. The van der Waals surface area contributed by atoms with Crippen LogP contribution in [0.15, 0.2) is 54.6 Å². The third-order valence-electron chi connectivity index (χ3n) is 3.54. The smallest absolute Gasteiger partial charge is 0.269 e. The van der Waals surface area contributed by atoms with Gasteiger partial charge in [0.1, 0.15) is 5.69 Å². The zero-order chi connectivity index (χ0) is 14.1. The number of hydrogen-bond acceptors (Lipinski definition) is 1. The Balaban J connectivity index is 2.46. The molecule has 0 spiro atoms. The highest BCUT2D eigenvalue weighted by molar-refractivity contribution is 6.68. The average Bonchev–Trinajstić information content (AvgIpc) is 2.82. The van der Waals surface area contributed by atoms with E-state index in [0.29, 0.717) is 12.2 Å². The average molecular weight is 284 g/mol. The molecule has 0 unspecified atom stereocenters. The second-order valence-electron chi connectivity index (χ2n) is 4.62. The lowest BCUT2D eigenvalue weighted by atomic mass is 10.0. The van der Waals surface area contributed by atoms with Crippen LogP contribution in [-0.2, 0) is 6.54 Å². The Morgan fingerprint density at radius 2 is 1.70 bits per heavy atom. The molecule has 0 radical (unpaired) electrons. The standard InChI is InChI=1S/C17H14ClNO/c1-2-19-14-11-7-6-10-13(14)15(16(19)17(18)20)12-8-4-3-5-9-12/h3-11H,2H2,1H3. The van der Waals surface area contributed by atoms with Crippen molar-refractivity contribution in [1.82, 2.24) is 4.57 Å². The van der Waals surface area contributed by atoms with E-state index in [0.717, 1.165) is 22.0 Å². The molecular formula is C17H14ClNO. The first-order chi connectivity index (χ1) is 9.74. The van der Waals surface area contributed by atoms with Crippen LogP contribution in [0, 0.1) is 0 Å². The lowest BCUT2D eigenvalue weighted by molar-refractivity contribution is 0.107. The molecule has 1 heterocycles. The summed E-state index contributed by atoms with van der Waals surface area (Å²) in [4.78, 5) is 11.9. The fourth-order valence-electron chi connectivity index (χ4n) is 2.73. The van der Waals surface area contributed by atoms with Crippen LogP contribution in [-0.4, -0.2) is 9.81 Å². The van der Waals surface area contributed by atoms with Crippen LogP contribution >= 0.6 is 11.6 Å². The summed E-state index contributed by atoms with van der Waals surface area (Å²) < 4.78 is 1.98. The summed E-state index contributed by atoms with van der Waals surface area (Å²) in [5, 5.41) is 0.645. The number of aromatic nitrogens is 1. The monoisotopic (exact) mass is 283 g/mol. The minimum atomic E-state index is -0.415. The van der Waals surface area contributed by atoms with Crippen LogP contribution in [0.5, 0.6) is 0 Å². The Kier molecular flexibility index (Phi) is 3.33. The molecule has 0 bridgehead atoms. The number of aryl methyl sites for hydroxylation is 1. The number of hydrogen-bond donors (Lipinski definition) is 0. The second-order valence-corrected chi connectivity index (χ2v) is 4.97. The van der Waals surface area contributed by atoms with E-state index in [9.17, 15) is 4.79 Å². The minimum Gasteiger partial charge on any atom is -0.337 e. The van der Waals surface area contributed by atoms with Crippen LogP contribution in [0.2, 0.25) is 0 Å². The third-order valence-corrected chi connectivity index (χ3v) is 3.71. The largest absolute Gasteiger partial charge is 0.337 e. The minimum absolute atomic E-state index is 0.415. The van der Waals surface area contributed by atoms with E-state index in [1.165, 1.54) is 0 Å². The number of para-hydroxylation sites is 1. The summed E-state index contributed by atoms with van der Waals surface area (Å²) in [6.45, 7) is 2.73. The molecule has 3 aromatic rings. The van der Waals surface area contributed by atoms with Crippen molar-refractivity contribution >= 4 is 27.7 Å². The Morgan fingerprint density at radius 3 is 2.35 bits per heavy atom. The molecule has 0 N–H and O–H groups in total. The highest BCUT2D eigenvalue weighted by atomic mass is 35.5. The van der Waals surface area contributed by atoms with Gasteiger partial charge in [0.05, 0.1) is 0 Å². The molecule has 20 heavy (non-hydrogen) atoms. The van der Waals surface area contributed by atoms with E-state index in [-0.39, 0.29) is 0 Å². The maximum Gasteiger partial charge on any atom is 0.269 e. The molecule has 0 amide bonds. The lowest BCUT2D eigenvalue weighted by Crippen LogP contribution is -2.04. The van der Waals surface area contributed by atoms with Crippen LogP contribution in [0.1, 0.15) is 17.4 Å². The summed E-state index contributed by atoms with van der Waals surface area (Å²) in [5.41, 5.74) is 3.54. The molecule has 0 saturated carbocycles. The van der Waals surface area contributed by atoms with Gasteiger partial charge < -0.3 is 4.57 Å². The fraction of sp³-hybridized carbons (Fsp3) is 0.118. The first-order valence-corrected chi connectivity index (χ1v) is 6.98. The maximum atomic E-state index is 11.9. The number of benzene rings is 2. The van der Waals surface area contributed by atoms with Crippen molar-refractivity contribution in [3.05, 3.63) is 60.3 Å². The number of nitrogens with zero attached hydrogens (tertiary/aromatic N) is 1. The van der Waals surface area contributed by atoms with Gasteiger partial charge in [-0.2, -0.15) is 0 Å². The van der Waals surface area contributed by atoms with Gasteiger partial charge in [-0.3, -0.25) is 4.79 Å². The van der Waals surface area contributed by atoms with E-state index in [2.05, 4.69) is 0 Å². The zero-order valence-electron chi connectivity index (χ0n) is 11.1.